The molecule has 4 aromatic rings. The van der Waals surface area contributed by atoms with Crippen molar-refractivity contribution in [2.45, 2.75) is 44.8 Å². The number of anilines is 1. The van der Waals surface area contributed by atoms with Gasteiger partial charge in [0.15, 0.2) is 5.82 Å². The van der Waals surface area contributed by atoms with Crippen LogP contribution in [0.4, 0.5) is 14.7 Å². The maximum atomic E-state index is 14.1. The lowest BCUT2D eigenvalue weighted by atomic mass is 9.86. The number of carbonyl (C=O) groups excluding carboxylic acids is 1. The van der Waals surface area contributed by atoms with Gasteiger partial charge in [0.1, 0.15) is 17.7 Å². The van der Waals surface area contributed by atoms with E-state index in [1.807, 2.05) is 29.2 Å². The smallest absolute Gasteiger partial charge is 0.296 e. The summed E-state index contributed by atoms with van der Waals surface area (Å²) in [6.45, 7) is 2.58. The molecule has 12 heteroatoms. The molecule has 2 aromatic carbocycles. The van der Waals surface area contributed by atoms with E-state index >= 15 is 0 Å². The van der Waals surface area contributed by atoms with E-state index in [1.165, 1.54) is 4.57 Å². The Morgan fingerprint density at radius 3 is 2.53 bits per heavy atom. The van der Waals surface area contributed by atoms with Gasteiger partial charge in [-0.1, -0.05) is 30.3 Å². The van der Waals surface area contributed by atoms with Crippen molar-refractivity contribution in [3.63, 3.8) is 0 Å². The zero-order valence-corrected chi connectivity index (χ0v) is 23.9. The first-order valence-corrected chi connectivity index (χ1v) is 14.5. The Labute approximate surface area is 248 Å². The molecule has 0 unspecified atom stereocenters. The van der Waals surface area contributed by atoms with E-state index in [0.29, 0.717) is 81.4 Å². The minimum Gasteiger partial charge on any atom is -0.496 e. The van der Waals surface area contributed by atoms with Crippen LogP contribution in [0.25, 0.3) is 16.9 Å². The van der Waals surface area contributed by atoms with Crippen LogP contribution in [-0.4, -0.2) is 64.9 Å². The largest absolute Gasteiger partial charge is 0.496 e. The number of hydrogen-bond donors (Lipinski definition) is 1. The Kier molecular flexibility index (Phi) is 8.64. The highest BCUT2D eigenvalue weighted by atomic mass is 19.3. The molecule has 0 radical (unpaired) electrons. The van der Waals surface area contributed by atoms with Gasteiger partial charge in [0.2, 0.25) is 17.7 Å². The molecule has 2 aromatic heterocycles. The van der Waals surface area contributed by atoms with Crippen LogP contribution >= 0.6 is 0 Å². The molecular formula is C31H34F2N6O4. The number of ether oxygens (including phenoxy) is 3. The standard InChI is InChI=1S/C31H34F2N6O4/c1-41-25-9-5-2-6-21(25)19-34-30(40)20-10-12-22(13-11-20)43-27-18-26(36-31(37-27)38-14-16-42-17-15-38)39-24-8-4-3-7-23(24)35-29(39)28(32)33/h2-9,18,20,22,28H,10-17,19H2,1H3,(H,34,40). The summed E-state index contributed by atoms with van der Waals surface area (Å²) in [6.07, 6.45) is -0.322. The summed E-state index contributed by atoms with van der Waals surface area (Å²) in [4.78, 5) is 28.4. The molecule has 10 nitrogen and oxygen atoms in total. The summed E-state index contributed by atoms with van der Waals surface area (Å²) in [7, 11) is 1.61. The summed E-state index contributed by atoms with van der Waals surface area (Å²) in [6, 6.07) is 16.2. The Balaban J connectivity index is 1.19. The number of amides is 1. The van der Waals surface area contributed by atoms with E-state index in [4.69, 9.17) is 14.2 Å². The van der Waals surface area contributed by atoms with Gasteiger partial charge in [0, 0.05) is 37.2 Å². The minimum absolute atomic E-state index is 0.00907. The van der Waals surface area contributed by atoms with E-state index in [-0.39, 0.29) is 23.7 Å². The number of imidazole rings is 1. The fraction of sp³-hybridized carbons (Fsp3) is 0.419. The number of rotatable bonds is 9. The molecule has 2 fully saturated rings. The number of fused-ring (bicyclic) bond motifs is 1. The number of carbonyl (C=O) groups is 1. The molecule has 43 heavy (non-hydrogen) atoms. The van der Waals surface area contributed by atoms with E-state index in [2.05, 4.69) is 20.3 Å². The molecule has 3 heterocycles. The molecule has 0 atom stereocenters. The summed E-state index contributed by atoms with van der Waals surface area (Å²) in [5.74, 6) is 1.19. The Morgan fingerprint density at radius 1 is 1.02 bits per heavy atom. The average Bonchev–Trinajstić information content (AvgIpc) is 3.45. The SMILES string of the molecule is COc1ccccc1CNC(=O)C1CCC(Oc2cc(-n3c(C(F)F)nc4ccccc43)nc(N3CCOCC3)n2)CC1. The van der Waals surface area contributed by atoms with Crippen molar-refractivity contribution in [2.75, 3.05) is 38.3 Å². The molecule has 1 aliphatic carbocycles. The Hall–Kier alpha value is -4.32. The summed E-state index contributed by atoms with van der Waals surface area (Å²) in [5, 5.41) is 3.04. The van der Waals surface area contributed by atoms with Gasteiger partial charge in [-0.3, -0.25) is 9.36 Å². The molecule has 2 aliphatic rings. The second-order valence-electron chi connectivity index (χ2n) is 10.7. The van der Waals surface area contributed by atoms with Crippen molar-refractivity contribution in [3.05, 3.63) is 66.0 Å². The molecule has 1 saturated heterocycles. The third kappa shape index (κ3) is 6.38. The second-order valence-corrected chi connectivity index (χ2v) is 10.7. The van der Waals surface area contributed by atoms with Gasteiger partial charge in [0.05, 0.1) is 31.4 Å². The van der Waals surface area contributed by atoms with Gasteiger partial charge in [-0.15, -0.1) is 0 Å². The van der Waals surface area contributed by atoms with E-state index < -0.39 is 12.2 Å². The molecule has 1 aliphatic heterocycles. The van der Waals surface area contributed by atoms with Gasteiger partial charge in [0.25, 0.3) is 6.43 Å². The van der Waals surface area contributed by atoms with Crippen LogP contribution in [-0.2, 0) is 16.1 Å². The highest BCUT2D eigenvalue weighted by molar-refractivity contribution is 5.79. The van der Waals surface area contributed by atoms with Crippen molar-refractivity contribution >= 4 is 22.9 Å². The lowest BCUT2D eigenvalue weighted by molar-refractivity contribution is -0.126. The highest BCUT2D eigenvalue weighted by Gasteiger charge is 2.29. The van der Waals surface area contributed by atoms with Crippen molar-refractivity contribution in [2.24, 2.45) is 5.92 Å². The number of halogens is 2. The molecule has 1 saturated carbocycles. The van der Waals surface area contributed by atoms with Gasteiger partial charge in [-0.25, -0.2) is 13.8 Å². The third-order valence-corrected chi connectivity index (χ3v) is 7.96. The molecule has 0 spiro atoms. The number of hydrogen-bond acceptors (Lipinski definition) is 8. The third-order valence-electron chi connectivity index (χ3n) is 7.96. The monoisotopic (exact) mass is 592 g/mol. The first-order valence-electron chi connectivity index (χ1n) is 14.5. The summed E-state index contributed by atoms with van der Waals surface area (Å²) in [5.41, 5.74) is 1.90. The zero-order chi connectivity index (χ0) is 29.8. The van der Waals surface area contributed by atoms with E-state index in [0.717, 1.165) is 11.3 Å². The number of morpholine rings is 1. The Bertz CT molecular complexity index is 1570. The van der Waals surface area contributed by atoms with E-state index in [9.17, 15) is 13.6 Å². The van der Waals surface area contributed by atoms with Crippen molar-refractivity contribution in [3.8, 4) is 17.4 Å². The Morgan fingerprint density at radius 2 is 1.77 bits per heavy atom. The second kappa shape index (κ2) is 12.9. The van der Waals surface area contributed by atoms with Crippen LogP contribution in [0.3, 0.4) is 0 Å². The molecule has 1 amide bonds. The number of nitrogens with zero attached hydrogens (tertiary/aromatic N) is 5. The number of aromatic nitrogens is 4. The molecule has 226 valence electrons. The van der Waals surface area contributed by atoms with Crippen LogP contribution in [0.15, 0.2) is 54.6 Å². The highest BCUT2D eigenvalue weighted by Crippen LogP contribution is 2.32. The predicted molar refractivity (Wildman–Crippen MR) is 156 cm³/mol. The number of methoxy groups -OCH3 is 1. The number of alkyl halides is 2. The van der Waals surface area contributed by atoms with Crippen LogP contribution in [0.1, 0.15) is 43.5 Å². The van der Waals surface area contributed by atoms with Crippen molar-refractivity contribution < 1.29 is 27.8 Å². The van der Waals surface area contributed by atoms with Crippen LogP contribution in [0.2, 0.25) is 0 Å². The molecule has 0 bridgehead atoms. The van der Waals surface area contributed by atoms with E-state index in [1.54, 1.807) is 37.4 Å². The van der Waals surface area contributed by atoms with Crippen molar-refractivity contribution in [1.82, 2.24) is 24.8 Å². The van der Waals surface area contributed by atoms with Crippen LogP contribution < -0.4 is 19.7 Å². The lowest BCUT2D eigenvalue weighted by Gasteiger charge is -2.29. The first-order chi connectivity index (χ1) is 21.0. The van der Waals surface area contributed by atoms with Gasteiger partial charge in [-0.2, -0.15) is 9.97 Å². The maximum absolute atomic E-state index is 14.1. The zero-order valence-electron chi connectivity index (χ0n) is 23.9. The summed E-state index contributed by atoms with van der Waals surface area (Å²) < 4.78 is 46.9. The van der Waals surface area contributed by atoms with Crippen LogP contribution in [0, 0.1) is 5.92 Å². The fourth-order valence-corrected chi connectivity index (χ4v) is 5.70. The number of nitrogens with one attached hydrogen (secondary N) is 1. The first kappa shape index (κ1) is 28.8. The normalized spacial score (nSPS) is 19.0. The molecular weight excluding hydrogens is 558 g/mol. The number of para-hydroxylation sites is 3. The van der Waals surface area contributed by atoms with Crippen molar-refractivity contribution in [1.29, 1.82) is 0 Å². The quantitative estimate of drug-likeness (QED) is 0.294. The van der Waals surface area contributed by atoms with Gasteiger partial charge in [-0.05, 0) is 43.9 Å². The van der Waals surface area contributed by atoms with Gasteiger partial charge < -0.3 is 24.4 Å². The minimum atomic E-state index is -2.80. The average molecular weight is 593 g/mol. The molecule has 1 N–H and O–H groups in total. The lowest BCUT2D eigenvalue weighted by Crippen LogP contribution is -2.37. The van der Waals surface area contributed by atoms with Gasteiger partial charge >= 0.3 is 0 Å². The molecule has 6 rings (SSSR count). The fourth-order valence-electron chi connectivity index (χ4n) is 5.70. The van der Waals surface area contributed by atoms with Crippen LogP contribution in [0.5, 0.6) is 11.6 Å². The topological polar surface area (TPSA) is 104 Å². The summed E-state index contributed by atoms with van der Waals surface area (Å²) >= 11 is 0. The number of benzene rings is 2. The predicted octanol–water partition coefficient (Wildman–Crippen LogP) is 4.85. The maximum Gasteiger partial charge on any atom is 0.296 e.